The van der Waals surface area contributed by atoms with Crippen molar-refractivity contribution >= 4 is 11.0 Å². The molecule has 2 heteroatoms. The predicted molar refractivity (Wildman–Crippen MR) is 77.4 cm³/mol. The topological polar surface area (TPSA) is 30.2 Å². The lowest BCUT2D eigenvalue weighted by Gasteiger charge is -2.06. The number of fused-ring (bicyclic) bond motifs is 1. The van der Waals surface area contributed by atoms with Crippen LogP contribution in [0.25, 0.3) is 22.1 Å². The molecule has 94 valence electrons. The van der Waals surface area contributed by atoms with Crippen LogP contribution in [0.5, 0.6) is 0 Å². The molecule has 0 N–H and O–H groups in total. The van der Waals surface area contributed by atoms with Crippen molar-refractivity contribution in [1.29, 1.82) is 0 Å². The van der Waals surface area contributed by atoms with Crippen molar-refractivity contribution in [1.82, 2.24) is 0 Å². The van der Waals surface area contributed by atoms with Gasteiger partial charge >= 0.3 is 5.63 Å². The maximum atomic E-state index is 11.2. The van der Waals surface area contributed by atoms with Crippen LogP contribution in [0, 0.1) is 13.8 Å². The van der Waals surface area contributed by atoms with Gasteiger partial charge in [-0.25, -0.2) is 4.79 Å². The fraction of sp³-hybridized carbons (Fsp3) is 0.118. The van der Waals surface area contributed by atoms with Gasteiger partial charge in [0.05, 0.1) is 0 Å². The quantitative estimate of drug-likeness (QED) is 0.609. The van der Waals surface area contributed by atoms with Crippen LogP contribution < -0.4 is 5.63 Å². The largest absolute Gasteiger partial charge is 0.423 e. The molecule has 0 saturated carbocycles. The standard InChI is InChI=1S/C17H14O2/c1-11-7-12(2)9-15(8-11)13-3-5-16-14(10-13)4-6-17(18)19-16/h3-10H,1-2H3. The zero-order chi connectivity index (χ0) is 13.4. The zero-order valence-electron chi connectivity index (χ0n) is 10.9. The SMILES string of the molecule is Cc1cc(C)cc(-c2ccc3oc(=O)ccc3c2)c1. The molecule has 3 rings (SSSR count). The van der Waals surface area contributed by atoms with Crippen LogP contribution in [0.3, 0.4) is 0 Å². The lowest BCUT2D eigenvalue weighted by molar-refractivity contribution is 0.561. The molecule has 0 saturated heterocycles. The Bertz CT molecular complexity index is 793. The summed E-state index contributed by atoms with van der Waals surface area (Å²) in [7, 11) is 0. The molecular formula is C17H14O2. The summed E-state index contributed by atoms with van der Waals surface area (Å²) in [4.78, 5) is 11.2. The third-order valence-corrected chi connectivity index (χ3v) is 3.17. The van der Waals surface area contributed by atoms with Gasteiger partial charge in [-0.05, 0) is 43.2 Å². The summed E-state index contributed by atoms with van der Waals surface area (Å²) in [5, 5.41) is 0.941. The van der Waals surface area contributed by atoms with Crippen LogP contribution in [0.2, 0.25) is 0 Å². The van der Waals surface area contributed by atoms with Crippen LogP contribution in [0.4, 0.5) is 0 Å². The second-order valence-electron chi connectivity index (χ2n) is 4.88. The predicted octanol–water partition coefficient (Wildman–Crippen LogP) is 4.08. The van der Waals surface area contributed by atoms with E-state index in [4.69, 9.17) is 4.42 Å². The molecule has 1 aromatic heterocycles. The van der Waals surface area contributed by atoms with E-state index in [-0.39, 0.29) is 5.63 Å². The average Bonchev–Trinajstić information content (AvgIpc) is 2.37. The van der Waals surface area contributed by atoms with Gasteiger partial charge in [0, 0.05) is 11.5 Å². The maximum absolute atomic E-state index is 11.2. The molecule has 0 bridgehead atoms. The van der Waals surface area contributed by atoms with E-state index in [2.05, 4.69) is 32.0 Å². The Kier molecular flexibility index (Phi) is 2.71. The highest BCUT2D eigenvalue weighted by molar-refractivity contribution is 5.83. The monoisotopic (exact) mass is 250 g/mol. The van der Waals surface area contributed by atoms with Crippen molar-refractivity contribution in [2.75, 3.05) is 0 Å². The molecule has 19 heavy (non-hydrogen) atoms. The molecular weight excluding hydrogens is 236 g/mol. The minimum Gasteiger partial charge on any atom is -0.423 e. The molecule has 2 aromatic carbocycles. The van der Waals surface area contributed by atoms with Gasteiger partial charge in [-0.3, -0.25) is 0 Å². The summed E-state index contributed by atoms with van der Waals surface area (Å²) in [6.07, 6.45) is 0. The molecule has 0 unspecified atom stereocenters. The third kappa shape index (κ3) is 2.29. The van der Waals surface area contributed by atoms with E-state index < -0.39 is 0 Å². The second kappa shape index (κ2) is 4.39. The first-order valence-corrected chi connectivity index (χ1v) is 6.24. The van der Waals surface area contributed by atoms with Crippen LogP contribution in [-0.2, 0) is 0 Å². The fourth-order valence-corrected chi connectivity index (χ4v) is 2.39. The molecule has 1 heterocycles. The number of hydrogen-bond donors (Lipinski definition) is 0. The van der Waals surface area contributed by atoms with Crippen LogP contribution in [-0.4, -0.2) is 0 Å². The molecule has 0 atom stereocenters. The average molecular weight is 250 g/mol. The molecule has 3 aromatic rings. The van der Waals surface area contributed by atoms with Gasteiger partial charge in [0.2, 0.25) is 0 Å². The van der Waals surface area contributed by atoms with Crippen LogP contribution >= 0.6 is 0 Å². The van der Waals surface area contributed by atoms with E-state index in [0.29, 0.717) is 5.58 Å². The number of hydrogen-bond acceptors (Lipinski definition) is 2. The van der Waals surface area contributed by atoms with Crippen LogP contribution in [0.15, 0.2) is 57.7 Å². The van der Waals surface area contributed by atoms with Gasteiger partial charge in [0.15, 0.2) is 0 Å². The van der Waals surface area contributed by atoms with E-state index in [1.807, 2.05) is 18.2 Å². The smallest absolute Gasteiger partial charge is 0.336 e. The molecule has 0 aliphatic carbocycles. The molecule has 0 radical (unpaired) electrons. The van der Waals surface area contributed by atoms with Crippen molar-refractivity contribution in [3.05, 3.63) is 70.1 Å². The Morgan fingerprint density at radius 2 is 1.53 bits per heavy atom. The van der Waals surface area contributed by atoms with Gasteiger partial charge in [-0.15, -0.1) is 0 Å². The lowest BCUT2D eigenvalue weighted by Crippen LogP contribution is -1.94. The number of aryl methyl sites for hydroxylation is 2. The Hall–Kier alpha value is -2.35. The normalized spacial score (nSPS) is 10.8. The van der Waals surface area contributed by atoms with Crippen molar-refractivity contribution in [3.8, 4) is 11.1 Å². The Morgan fingerprint density at radius 3 is 2.26 bits per heavy atom. The fourth-order valence-electron chi connectivity index (χ4n) is 2.39. The highest BCUT2D eigenvalue weighted by atomic mass is 16.4. The molecule has 0 spiro atoms. The summed E-state index contributed by atoms with van der Waals surface area (Å²) in [6, 6.07) is 15.6. The van der Waals surface area contributed by atoms with E-state index in [9.17, 15) is 4.79 Å². The molecule has 0 aliphatic rings. The highest BCUT2D eigenvalue weighted by Gasteiger charge is 2.03. The van der Waals surface area contributed by atoms with E-state index in [1.165, 1.54) is 22.8 Å². The molecule has 0 fully saturated rings. The molecule has 0 amide bonds. The summed E-state index contributed by atoms with van der Waals surface area (Å²) >= 11 is 0. The van der Waals surface area contributed by atoms with Crippen LogP contribution in [0.1, 0.15) is 11.1 Å². The lowest BCUT2D eigenvalue weighted by atomic mass is 10.00. The Morgan fingerprint density at radius 1 is 0.789 bits per heavy atom. The first-order valence-electron chi connectivity index (χ1n) is 6.24. The first kappa shape index (κ1) is 11.7. The van der Waals surface area contributed by atoms with Gasteiger partial charge in [-0.2, -0.15) is 0 Å². The van der Waals surface area contributed by atoms with E-state index in [0.717, 1.165) is 10.9 Å². The number of benzene rings is 2. The summed E-state index contributed by atoms with van der Waals surface area (Å²) in [5.41, 5.74) is 5.12. The first-order chi connectivity index (χ1) is 9.11. The summed E-state index contributed by atoms with van der Waals surface area (Å²) in [6.45, 7) is 4.19. The van der Waals surface area contributed by atoms with Gasteiger partial charge in [0.1, 0.15) is 5.58 Å². The highest BCUT2D eigenvalue weighted by Crippen LogP contribution is 2.25. The summed E-state index contributed by atoms with van der Waals surface area (Å²) in [5.74, 6) is 0. The van der Waals surface area contributed by atoms with Crippen molar-refractivity contribution < 1.29 is 4.42 Å². The van der Waals surface area contributed by atoms with E-state index in [1.54, 1.807) is 6.07 Å². The maximum Gasteiger partial charge on any atom is 0.336 e. The van der Waals surface area contributed by atoms with Crippen molar-refractivity contribution in [2.45, 2.75) is 13.8 Å². The minimum atomic E-state index is -0.313. The van der Waals surface area contributed by atoms with Gasteiger partial charge in [0.25, 0.3) is 0 Å². The van der Waals surface area contributed by atoms with Gasteiger partial charge < -0.3 is 4.42 Å². The zero-order valence-corrected chi connectivity index (χ0v) is 10.9. The number of rotatable bonds is 1. The van der Waals surface area contributed by atoms with Crippen molar-refractivity contribution in [3.63, 3.8) is 0 Å². The van der Waals surface area contributed by atoms with Gasteiger partial charge in [-0.1, -0.05) is 35.4 Å². The second-order valence-corrected chi connectivity index (χ2v) is 4.88. The Balaban J connectivity index is 2.20. The van der Waals surface area contributed by atoms with Crippen molar-refractivity contribution in [2.24, 2.45) is 0 Å². The Labute approximate surface area is 111 Å². The van der Waals surface area contributed by atoms with E-state index >= 15 is 0 Å². The minimum absolute atomic E-state index is 0.313. The molecule has 2 nitrogen and oxygen atoms in total. The third-order valence-electron chi connectivity index (χ3n) is 3.17. The molecule has 0 aliphatic heterocycles. The summed E-state index contributed by atoms with van der Waals surface area (Å²) < 4.78 is 5.14.